The fourth-order valence-electron chi connectivity index (χ4n) is 1.93. The zero-order valence-electron chi connectivity index (χ0n) is 11.1. The maximum atomic E-state index is 11.7. The maximum absolute atomic E-state index is 11.7. The first kappa shape index (κ1) is 14.6. The van der Waals surface area contributed by atoms with Crippen LogP contribution in [-0.2, 0) is 4.79 Å². The molecule has 0 saturated heterocycles. The summed E-state index contributed by atoms with van der Waals surface area (Å²) in [5.74, 6) is 1.07. The van der Waals surface area contributed by atoms with Gasteiger partial charge in [0.05, 0.1) is 18.1 Å². The number of carbonyl (C=O) groups is 1. The molecule has 5 nitrogen and oxygen atoms in total. The highest BCUT2D eigenvalue weighted by molar-refractivity contribution is 5.90. The van der Waals surface area contributed by atoms with Crippen molar-refractivity contribution in [2.45, 2.75) is 33.1 Å². The average Bonchev–Trinajstić information content (AvgIpc) is 2.35. The molecule has 0 spiro atoms. The third-order valence-corrected chi connectivity index (χ3v) is 3.07. The number of anilines is 1. The molecule has 1 aromatic heterocycles. The lowest BCUT2D eigenvalue weighted by atomic mass is 9.88. The summed E-state index contributed by atoms with van der Waals surface area (Å²) in [5, 5.41) is 2.78. The molecular formula is C13H22N4O. The lowest BCUT2D eigenvalue weighted by Crippen LogP contribution is -2.18. The van der Waals surface area contributed by atoms with E-state index in [1.54, 1.807) is 12.4 Å². The molecule has 1 unspecified atom stereocenters. The van der Waals surface area contributed by atoms with Gasteiger partial charge in [0.1, 0.15) is 6.33 Å². The number of aromatic nitrogens is 2. The molecule has 1 rings (SSSR count). The van der Waals surface area contributed by atoms with Crippen molar-refractivity contribution < 1.29 is 4.79 Å². The Morgan fingerprint density at radius 3 is 2.56 bits per heavy atom. The zero-order valence-corrected chi connectivity index (χ0v) is 11.1. The third kappa shape index (κ3) is 5.23. The second kappa shape index (κ2) is 7.76. The number of hydrogen-bond acceptors (Lipinski definition) is 4. The van der Waals surface area contributed by atoms with Crippen LogP contribution >= 0.6 is 0 Å². The lowest BCUT2D eigenvalue weighted by Gasteiger charge is -2.19. The SMILES string of the molecule is CC(C)C(CCN)CCC(=O)Nc1cncnc1. The van der Waals surface area contributed by atoms with Crippen LogP contribution in [0.5, 0.6) is 0 Å². The van der Waals surface area contributed by atoms with E-state index >= 15 is 0 Å². The van der Waals surface area contributed by atoms with E-state index in [4.69, 9.17) is 5.73 Å². The van der Waals surface area contributed by atoms with Gasteiger partial charge in [0.2, 0.25) is 5.91 Å². The minimum absolute atomic E-state index is 0.00692. The molecule has 1 heterocycles. The quantitative estimate of drug-likeness (QED) is 0.773. The molecule has 0 aliphatic heterocycles. The molecule has 0 aliphatic carbocycles. The number of nitrogens with two attached hydrogens (primary N) is 1. The molecule has 1 atom stereocenters. The molecule has 0 aliphatic rings. The second-order valence-corrected chi connectivity index (χ2v) is 4.80. The Kier molecular flexibility index (Phi) is 6.28. The number of hydrogen-bond donors (Lipinski definition) is 2. The lowest BCUT2D eigenvalue weighted by molar-refractivity contribution is -0.116. The van der Waals surface area contributed by atoms with Gasteiger partial charge in [-0.1, -0.05) is 13.8 Å². The normalized spacial score (nSPS) is 12.4. The van der Waals surface area contributed by atoms with E-state index in [-0.39, 0.29) is 5.91 Å². The summed E-state index contributed by atoms with van der Waals surface area (Å²) in [6, 6.07) is 0. The number of rotatable bonds is 7. The molecule has 0 saturated carbocycles. The van der Waals surface area contributed by atoms with Crippen LogP contribution in [-0.4, -0.2) is 22.4 Å². The summed E-state index contributed by atoms with van der Waals surface area (Å²) in [6.45, 7) is 5.02. The van der Waals surface area contributed by atoms with E-state index in [2.05, 4.69) is 29.1 Å². The molecule has 18 heavy (non-hydrogen) atoms. The largest absolute Gasteiger partial charge is 0.330 e. The molecule has 0 radical (unpaired) electrons. The van der Waals surface area contributed by atoms with Crippen LogP contribution < -0.4 is 11.1 Å². The van der Waals surface area contributed by atoms with Gasteiger partial charge in [-0.25, -0.2) is 9.97 Å². The first-order valence-corrected chi connectivity index (χ1v) is 6.38. The number of amides is 1. The second-order valence-electron chi connectivity index (χ2n) is 4.80. The predicted octanol–water partition coefficient (Wildman–Crippen LogP) is 1.82. The van der Waals surface area contributed by atoms with Crippen LogP contribution in [0.15, 0.2) is 18.7 Å². The van der Waals surface area contributed by atoms with E-state index < -0.39 is 0 Å². The van der Waals surface area contributed by atoms with Crippen LogP contribution in [0.25, 0.3) is 0 Å². The van der Waals surface area contributed by atoms with Gasteiger partial charge in [0, 0.05) is 6.42 Å². The maximum Gasteiger partial charge on any atom is 0.224 e. The Morgan fingerprint density at radius 2 is 2.00 bits per heavy atom. The smallest absolute Gasteiger partial charge is 0.224 e. The van der Waals surface area contributed by atoms with Crippen LogP contribution in [0.3, 0.4) is 0 Å². The fraction of sp³-hybridized carbons (Fsp3) is 0.615. The molecular weight excluding hydrogens is 228 g/mol. The predicted molar refractivity (Wildman–Crippen MR) is 71.9 cm³/mol. The van der Waals surface area contributed by atoms with Gasteiger partial charge in [-0.3, -0.25) is 4.79 Å². The summed E-state index contributed by atoms with van der Waals surface area (Å²) < 4.78 is 0. The van der Waals surface area contributed by atoms with Crippen molar-refractivity contribution in [1.82, 2.24) is 9.97 Å². The first-order valence-electron chi connectivity index (χ1n) is 6.38. The number of nitrogens with zero attached hydrogens (tertiary/aromatic N) is 2. The molecule has 5 heteroatoms. The Labute approximate surface area is 108 Å². The van der Waals surface area contributed by atoms with Gasteiger partial charge in [-0.2, -0.15) is 0 Å². The van der Waals surface area contributed by atoms with Gasteiger partial charge in [0.15, 0.2) is 0 Å². The summed E-state index contributed by atoms with van der Waals surface area (Å²) in [5.41, 5.74) is 6.22. The van der Waals surface area contributed by atoms with Gasteiger partial charge < -0.3 is 11.1 Å². The number of carbonyl (C=O) groups excluding carboxylic acids is 1. The van der Waals surface area contributed by atoms with Crippen LogP contribution in [0.1, 0.15) is 33.1 Å². The van der Waals surface area contributed by atoms with Crippen molar-refractivity contribution in [2.75, 3.05) is 11.9 Å². The fourth-order valence-corrected chi connectivity index (χ4v) is 1.93. The van der Waals surface area contributed by atoms with Crippen molar-refractivity contribution in [3.05, 3.63) is 18.7 Å². The van der Waals surface area contributed by atoms with Crippen LogP contribution in [0, 0.1) is 11.8 Å². The number of nitrogens with one attached hydrogen (secondary N) is 1. The van der Waals surface area contributed by atoms with Crippen molar-refractivity contribution in [3.63, 3.8) is 0 Å². The molecule has 0 bridgehead atoms. The minimum atomic E-state index is 0.00692. The monoisotopic (exact) mass is 250 g/mol. The van der Waals surface area contributed by atoms with Gasteiger partial charge >= 0.3 is 0 Å². The highest BCUT2D eigenvalue weighted by atomic mass is 16.1. The average molecular weight is 250 g/mol. The summed E-state index contributed by atoms with van der Waals surface area (Å²) >= 11 is 0. The standard InChI is InChI=1S/C13H22N4O/c1-10(2)11(5-6-14)3-4-13(18)17-12-7-15-9-16-8-12/h7-11H,3-6,14H2,1-2H3,(H,17,18). The summed E-state index contributed by atoms with van der Waals surface area (Å²) in [7, 11) is 0. The highest BCUT2D eigenvalue weighted by Gasteiger charge is 2.14. The molecule has 100 valence electrons. The first-order chi connectivity index (χ1) is 8.63. The molecule has 0 fully saturated rings. The van der Waals surface area contributed by atoms with Crippen molar-refractivity contribution in [2.24, 2.45) is 17.6 Å². The van der Waals surface area contributed by atoms with Crippen molar-refractivity contribution >= 4 is 11.6 Å². The Bertz CT molecular complexity index is 353. The van der Waals surface area contributed by atoms with E-state index in [1.807, 2.05) is 0 Å². The van der Waals surface area contributed by atoms with Crippen molar-refractivity contribution in [3.8, 4) is 0 Å². The minimum Gasteiger partial charge on any atom is -0.330 e. The molecule has 1 amide bonds. The Balaban J connectivity index is 2.36. The Hall–Kier alpha value is -1.49. The van der Waals surface area contributed by atoms with Crippen LogP contribution in [0.2, 0.25) is 0 Å². The third-order valence-electron chi connectivity index (χ3n) is 3.07. The van der Waals surface area contributed by atoms with Gasteiger partial charge in [0.25, 0.3) is 0 Å². The van der Waals surface area contributed by atoms with Gasteiger partial charge in [-0.15, -0.1) is 0 Å². The summed E-state index contributed by atoms with van der Waals surface area (Å²) in [6.07, 6.45) is 6.96. The molecule has 1 aromatic rings. The Morgan fingerprint density at radius 1 is 1.33 bits per heavy atom. The van der Waals surface area contributed by atoms with Gasteiger partial charge in [-0.05, 0) is 31.2 Å². The van der Waals surface area contributed by atoms with E-state index in [0.29, 0.717) is 30.5 Å². The van der Waals surface area contributed by atoms with Crippen LogP contribution in [0.4, 0.5) is 5.69 Å². The molecule has 3 N–H and O–H groups in total. The van der Waals surface area contributed by atoms with E-state index in [9.17, 15) is 4.79 Å². The topological polar surface area (TPSA) is 80.9 Å². The van der Waals surface area contributed by atoms with E-state index in [0.717, 1.165) is 12.8 Å². The zero-order chi connectivity index (χ0) is 13.4. The highest BCUT2D eigenvalue weighted by Crippen LogP contribution is 2.20. The summed E-state index contributed by atoms with van der Waals surface area (Å²) in [4.78, 5) is 19.4. The van der Waals surface area contributed by atoms with E-state index in [1.165, 1.54) is 6.33 Å². The molecule has 0 aromatic carbocycles. The van der Waals surface area contributed by atoms with Crippen molar-refractivity contribution in [1.29, 1.82) is 0 Å².